The van der Waals surface area contributed by atoms with Gasteiger partial charge in [-0.1, -0.05) is 72.8 Å². The van der Waals surface area contributed by atoms with Gasteiger partial charge in [0.2, 0.25) is 5.91 Å². The van der Waals surface area contributed by atoms with E-state index in [1.54, 1.807) is 26.2 Å². The summed E-state index contributed by atoms with van der Waals surface area (Å²) in [5, 5.41) is 2.98. The van der Waals surface area contributed by atoms with Gasteiger partial charge >= 0.3 is 6.09 Å². The van der Waals surface area contributed by atoms with Crippen LogP contribution in [0.3, 0.4) is 0 Å². The molecule has 1 saturated heterocycles. The maximum absolute atomic E-state index is 12.8. The molecule has 1 saturated carbocycles. The molecule has 1 aliphatic carbocycles. The second kappa shape index (κ2) is 14.6. The van der Waals surface area contributed by atoms with Crippen LogP contribution >= 0.6 is 0 Å². The van der Waals surface area contributed by atoms with Crippen molar-refractivity contribution in [2.75, 3.05) is 46.2 Å². The quantitative estimate of drug-likeness (QED) is 0.270. The molecule has 3 atom stereocenters. The van der Waals surface area contributed by atoms with Crippen LogP contribution in [0.4, 0.5) is 10.5 Å². The lowest BCUT2D eigenvalue weighted by Crippen LogP contribution is -2.36. The van der Waals surface area contributed by atoms with E-state index in [0.29, 0.717) is 31.2 Å². The molecule has 0 aromatic heterocycles. The van der Waals surface area contributed by atoms with Crippen molar-refractivity contribution in [3.63, 3.8) is 0 Å². The Bertz CT molecular complexity index is 1350. The van der Waals surface area contributed by atoms with Crippen LogP contribution in [-0.4, -0.2) is 75.1 Å². The number of nitrogens with zero attached hydrogens (tertiary/aromatic N) is 2. The number of methoxy groups -OCH3 is 2. The van der Waals surface area contributed by atoms with Crippen molar-refractivity contribution in [1.29, 1.82) is 0 Å². The van der Waals surface area contributed by atoms with Gasteiger partial charge in [-0.25, -0.2) is 4.79 Å². The summed E-state index contributed by atoms with van der Waals surface area (Å²) in [4.78, 5) is 29.6. The molecule has 0 bridgehead atoms. The molecule has 2 aliphatic rings. The van der Waals surface area contributed by atoms with Crippen LogP contribution in [0, 0.1) is 11.8 Å². The molecule has 1 N–H and O–H groups in total. The minimum Gasteiger partial charge on any atom is -0.446 e. The molecule has 2 fully saturated rings. The number of para-hydroxylation sites is 1. The van der Waals surface area contributed by atoms with Crippen molar-refractivity contribution in [3.05, 3.63) is 90.0 Å². The lowest BCUT2D eigenvalue weighted by Gasteiger charge is -2.22. The number of aryl methyl sites for hydroxylation is 1. The lowest BCUT2D eigenvalue weighted by molar-refractivity contribution is -0.143. The summed E-state index contributed by atoms with van der Waals surface area (Å²) in [6.45, 7) is 3.32. The largest absolute Gasteiger partial charge is 0.446 e. The van der Waals surface area contributed by atoms with Crippen LogP contribution in [0.5, 0.6) is 0 Å². The maximum atomic E-state index is 12.8. The number of fused-ring (bicyclic) bond motifs is 1. The van der Waals surface area contributed by atoms with Crippen molar-refractivity contribution in [2.24, 2.45) is 11.8 Å². The van der Waals surface area contributed by atoms with E-state index >= 15 is 0 Å². The molecule has 3 aromatic rings. The number of likely N-dealkylation sites (tertiary alicyclic amines) is 1. The number of carbonyl (C=O) groups is 2. The third-order valence-electron chi connectivity index (χ3n) is 8.71. The monoisotopic (exact) mass is 585 g/mol. The number of amides is 2. The molecule has 8 heteroatoms. The Kier molecular flexibility index (Phi) is 10.5. The van der Waals surface area contributed by atoms with Crippen LogP contribution < -0.4 is 5.32 Å². The summed E-state index contributed by atoms with van der Waals surface area (Å²) in [7, 11) is 4.93. The van der Waals surface area contributed by atoms with Crippen LogP contribution in [0.15, 0.2) is 78.9 Å². The molecular formula is C35H43N3O5. The van der Waals surface area contributed by atoms with Gasteiger partial charge in [0, 0.05) is 52.9 Å². The summed E-state index contributed by atoms with van der Waals surface area (Å²) >= 11 is 0. The summed E-state index contributed by atoms with van der Waals surface area (Å²) in [6, 6.07) is 26.4. The van der Waals surface area contributed by atoms with Gasteiger partial charge in [0.15, 0.2) is 6.29 Å². The van der Waals surface area contributed by atoms with E-state index in [9.17, 15) is 9.59 Å². The van der Waals surface area contributed by atoms with Crippen molar-refractivity contribution in [2.45, 2.75) is 44.6 Å². The number of nitrogens with one attached hydrogen (secondary N) is 1. The average molecular weight is 586 g/mol. The van der Waals surface area contributed by atoms with E-state index in [-0.39, 0.29) is 18.1 Å². The Balaban J connectivity index is 1.06. The van der Waals surface area contributed by atoms with Crippen LogP contribution in [-0.2, 0) is 32.0 Å². The number of hydrogen-bond acceptors (Lipinski definition) is 6. The molecule has 8 nitrogen and oxygen atoms in total. The van der Waals surface area contributed by atoms with Crippen molar-refractivity contribution >= 4 is 17.7 Å². The van der Waals surface area contributed by atoms with Gasteiger partial charge in [-0.05, 0) is 53.9 Å². The fourth-order valence-electron chi connectivity index (χ4n) is 6.47. The standard InChI is InChI=1S/C35H43N3O5/c1-37(24-34(41-2)42-3)33(39)17-16-25-10-9-11-26(18-25)21-38-22-28-19-30(20-29(28)23-38)43-35(40)36-32-15-8-7-14-31(32)27-12-5-4-6-13-27/h4-15,18,28-30,34H,16-17,19-24H2,1-3H3,(H,36,40)/t28-,29+,30?. The van der Waals surface area contributed by atoms with E-state index in [1.165, 1.54) is 11.1 Å². The van der Waals surface area contributed by atoms with Crippen molar-refractivity contribution < 1.29 is 23.8 Å². The Morgan fingerprint density at radius 1 is 0.907 bits per heavy atom. The van der Waals surface area contributed by atoms with E-state index in [1.807, 2.05) is 54.6 Å². The van der Waals surface area contributed by atoms with E-state index in [2.05, 4.69) is 34.5 Å². The summed E-state index contributed by atoms with van der Waals surface area (Å²) in [5.41, 5.74) is 5.22. The summed E-state index contributed by atoms with van der Waals surface area (Å²) in [5.74, 6) is 1.14. The SMILES string of the molecule is COC(CN(C)C(=O)CCc1cccc(CN2C[C@H]3CC(OC(=O)Nc4ccccc4-c4ccccc4)C[C@H]3C2)c1)OC. The summed E-state index contributed by atoms with van der Waals surface area (Å²) < 4.78 is 16.3. The van der Waals surface area contributed by atoms with E-state index < -0.39 is 6.29 Å². The zero-order chi connectivity index (χ0) is 30.2. The van der Waals surface area contributed by atoms with Gasteiger partial charge in [0.05, 0.1) is 12.2 Å². The third-order valence-corrected chi connectivity index (χ3v) is 8.71. The lowest BCUT2D eigenvalue weighted by atomic mass is 10.0. The third kappa shape index (κ3) is 8.22. The summed E-state index contributed by atoms with van der Waals surface area (Å²) in [6.07, 6.45) is 2.09. The predicted octanol–water partition coefficient (Wildman–Crippen LogP) is 5.82. The van der Waals surface area contributed by atoms with Crippen molar-refractivity contribution in [3.8, 4) is 11.1 Å². The highest BCUT2D eigenvalue weighted by molar-refractivity contribution is 5.91. The first kappa shape index (κ1) is 30.7. The predicted molar refractivity (Wildman–Crippen MR) is 167 cm³/mol. The van der Waals surface area contributed by atoms with Gasteiger partial charge in [0.1, 0.15) is 6.10 Å². The molecule has 0 spiro atoms. The zero-order valence-corrected chi connectivity index (χ0v) is 25.4. The van der Waals surface area contributed by atoms with E-state index in [4.69, 9.17) is 14.2 Å². The number of rotatable bonds is 12. The minimum atomic E-state index is -0.418. The normalized spacial score (nSPS) is 19.8. The number of likely N-dealkylation sites (N-methyl/N-ethyl adjacent to an activating group) is 1. The molecule has 1 unspecified atom stereocenters. The molecule has 228 valence electrons. The maximum Gasteiger partial charge on any atom is 0.411 e. The molecule has 1 aliphatic heterocycles. The Morgan fingerprint density at radius 2 is 1.58 bits per heavy atom. The van der Waals surface area contributed by atoms with Gasteiger partial charge in [-0.15, -0.1) is 0 Å². The number of hydrogen-bond donors (Lipinski definition) is 1. The molecule has 0 radical (unpaired) electrons. The van der Waals surface area contributed by atoms with Gasteiger partial charge in [-0.2, -0.15) is 0 Å². The second-order valence-corrected chi connectivity index (χ2v) is 11.7. The second-order valence-electron chi connectivity index (χ2n) is 11.7. The first-order valence-corrected chi connectivity index (χ1v) is 15.1. The van der Waals surface area contributed by atoms with Gasteiger partial charge in [-0.3, -0.25) is 15.0 Å². The molecule has 43 heavy (non-hydrogen) atoms. The first-order valence-electron chi connectivity index (χ1n) is 15.1. The number of benzene rings is 3. The highest BCUT2D eigenvalue weighted by Gasteiger charge is 2.42. The Morgan fingerprint density at radius 3 is 2.30 bits per heavy atom. The fourth-order valence-corrected chi connectivity index (χ4v) is 6.47. The first-order chi connectivity index (χ1) is 20.9. The molecule has 1 heterocycles. The average Bonchev–Trinajstić information content (AvgIpc) is 3.57. The number of ether oxygens (including phenoxy) is 3. The van der Waals surface area contributed by atoms with Crippen LogP contribution in [0.25, 0.3) is 11.1 Å². The van der Waals surface area contributed by atoms with E-state index in [0.717, 1.165) is 49.3 Å². The number of carbonyl (C=O) groups excluding carboxylic acids is 2. The minimum absolute atomic E-state index is 0.0527. The smallest absolute Gasteiger partial charge is 0.411 e. The molecular weight excluding hydrogens is 542 g/mol. The van der Waals surface area contributed by atoms with Crippen LogP contribution in [0.2, 0.25) is 0 Å². The molecule has 3 aromatic carbocycles. The number of anilines is 1. The molecule has 2 amide bonds. The van der Waals surface area contributed by atoms with Gasteiger partial charge in [0.25, 0.3) is 0 Å². The molecule has 5 rings (SSSR count). The highest BCUT2D eigenvalue weighted by Crippen LogP contribution is 2.40. The van der Waals surface area contributed by atoms with Crippen LogP contribution in [0.1, 0.15) is 30.4 Å². The highest BCUT2D eigenvalue weighted by atomic mass is 16.7. The Hall–Kier alpha value is -3.72. The Labute approximate surface area is 254 Å². The topological polar surface area (TPSA) is 80.3 Å². The zero-order valence-electron chi connectivity index (χ0n) is 25.4. The van der Waals surface area contributed by atoms with Gasteiger partial charge < -0.3 is 19.1 Å². The van der Waals surface area contributed by atoms with Crippen molar-refractivity contribution in [1.82, 2.24) is 9.80 Å². The fraction of sp³-hybridized carbons (Fsp3) is 0.429.